The summed E-state index contributed by atoms with van der Waals surface area (Å²) in [5.74, 6) is 0.781. The number of guanidine groups is 1. The van der Waals surface area contributed by atoms with Gasteiger partial charge in [-0.1, -0.05) is 29.8 Å². The zero-order valence-electron chi connectivity index (χ0n) is 13.8. The molecule has 0 saturated heterocycles. The molecular weight excluding hydrogens is 336 g/mol. The average Bonchev–Trinajstić information content (AvgIpc) is 2.55. The van der Waals surface area contributed by atoms with E-state index in [1.807, 2.05) is 24.3 Å². The van der Waals surface area contributed by atoms with Crippen molar-refractivity contribution >= 4 is 27.6 Å². The maximum absolute atomic E-state index is 11.6. The van der Waals surface area contributed by atoms with Crippen LogP contribution in [-0.4, -0.2) is 51.6 Å². The van der Waals surface area contributed by atoms with Crippen LogP contribution in [0.25, 0.3) is 0 Å². The lowest BCUT2D eigenvalue weighted by Crippen LogP contribution is -2.38. The summed E-state index contributed by atoms with van der Waals surface area (Å²) in [7, 11) is 0.180. The fourth-order valence-corrected chi connectivity index (χ4v) is 2.96. The van der Waals surface area contributed by atoms with Crippen LogP contribution in [0.2, 0.25) is 5.02 Å². The van der Waals surface area contributed by atoms with Crippen molar-refractivity contribution in [1.82, 2.24) is 14.9 Å². The highest BCUT2D eigenvalue weighted by Gasteiger charge is 2.13. The Labute approximate surface area is 144 Å². The quantitative estimate of drug-likeness (QED) is 0.420. The Morgan fingerprint density at radius 3 is 2.61 bits per heavy atom. The molecule has 0 aromatic heterocycles. The normalized spacial score (nSPS) is 12.5. The molecule has 2 N–H and O–H groups in total. The van der Waals surface area contributed by atoms with Crippen LogP contribution in [0, 0.1) is 0 Å². The van der Waals surface area contributed by atoms with Crippen LogP contribution in [0.4, 0.5) is 0 Å². The van der Waals surface area contributed by atoms with E-state index in [0.29, 0.717) is 37.0 Å². The van der Waals surface area contributed by atoms with Gasteiger partial charge >= 0.3 is 0 Å². The van der Waals surface area contributed by atoms with Crippen molar-refractivity contribution in [2.45, 2.75) is 19.9 Å². The van der Waals surface area contributed by atoms with Gasteiger partial charge in [-0.15, -0.1) is 0 Å². The van der Waals surface area contributed by atoms with Gasteiger partial charge in [0.05, 0.1) is 5.75 Å². The van der Waals surface area contributed by atoms with E-state index in [1.165, 1.54) is 4.31 Å². The van der Waals surface area contributed by atoms with Crippen LogP contribution in [0.5, 0.6) is 0 Å². The van der Waals surface area contributed by atoms with E-state index in [4.69, 9.17) is 11.6 Å². The number of hydrogen-bond donors (Lipinski definition) is 2. The third-order valence-corrected chi connectivity index (χ3v) is 5.64. The zero-order chi connectivity index (χ0) is 17.3. The van der Waals surface area contributed by atoms with E-state index in [9.17, 15) is 8.42 Å². The summed E-state index contributed by atoms with van der Waals surface area (Å²) in [5, 5.41) is 7.05. The molecule has 0 amide bonds. The van der Waals surface area contributed by atoms with E-state index < -0.39 is 10.0 Å². The molecule has 0 unspecified atom stereocenters. The average molecular weight is 361 g/mol. The molecule has 0 spiro atoms. The van der Waals surface area contributed by atoms with Crippen LogP contribution in [-0.2, 0) is 16.6 Å². The molecule has 0 fully saturated rings. The Hall–Kier alpha value is -1.31. The number of aliphatic imine (C=N–C) groups is 1. The van der Waals surface area contributed by atoms with Gasteiger partial charge in [0.15, 0.2) is 5.96 Å². The number of rotatable bonds is 8. The highest BCUT2D eigenvalue weighted by molar-refractivity contribution is 7.89. The van der Waals surface area contributed by atoms with Crippen LogP contribution in [0.3, 0.4) is 0 Å². The van der Waals surface area contributed by atoms with Gasteiger partial charge in [0.25, 0.3) is 0 Å². The molecule has 1 rings (SSSR count). The minimum atomic E-state index is -3.11. The summed E-state index contributed by atoms with van der Waals surface area (Å²) in [6.45, 7) is 3.32. The number of nitrogens with zero attached hydrogens (tertiary/aromatic N) is 2. The van der Waals surface area contributed by atoms with Gasteiger partial charge in [0.1, 0.15) is 0 Å². The van der Waals surface area contributed by atoms with Crippen LogP contribution >= 0.6 is 11.6 Å². The van der Waals surface area contributed by atoms with Crippen LogP contribution in [0.15, 0.2) is 29.3 Å². The fraction of sp³-hybridized carbons (Fsp3) is 0.533. The van der Waals surface area contributed by atoms with E-state index in [0.717, 1.165) is 5.56 Å². The lowest BCUT2D eigenvalue weighted by molar-refractivity contribution is 0.461. The molecule has 0 radical (unpaired) electrons. The predicted molar refractivity (Wildman–Crippen MR) is 96.4 cm³/mol. The number of sulfonamides is 1. The van der Waals surface area contributed by atoms with Crippen molar-refractivity contribution in [2.75, 3.05) is 32.9 Å². The standard InChI is InChI=1S/C15H25ClN4O2S/c1-4-23(21,22)20(3)11-7-10-18-15(17-2)19-12-13-8-5-6-9-14(13)16/h5-6,8-9H,4,7,10-12H2,1-3H3,(H2,17,18,19). The van der Waals surface area contributed by atoms with Gasteiger partial charge in [-0.05, 0) is 25.0 Å². The van der Waals surface area contributed by atoms with Gasteiger partial charge in [-0.25, -0.2) is 12.7 Å². The van der Waals surface area contributed by atoms with E-state index >= 15 is 0 Å². The van der Waals surface area contributed by atoms with Gasteiger partial charge in [0.2, 0.25) is 10.0 Å². The summed E-state index contributed by atoms with van der Waals surface area (Å²) < 4.78 is 24.6. The molecule has 23 heavy (non-hydrogen) atoms. The molecule has 0 heterocycles. The Kier molecular flexibility index (Phi) is 8.36. The first kappa shape index (κ1) is 19.7. The zero-order valence-corrected chi connectivity index (χ0v) is 15.4. The van der Waals surface area contributed by atoms with Gasteiger partial charge in [0, 0.05) is 38.8 Å². The maximum Gasteiger partial charge on any atom is 0.213 e. The third-order valence-electron chi connectivity index (χ3n) is 3.41. The lowest BCUT2D eigenvalue weighted by Gasteiger charge is -2.17. The fourth-order valence-electron chi connectivity index (χ4n) is 1.91. The van der Waals surface area contributed by atoms with Gasteiger partial charge < -0.3 is 10.6 Å². The largest absolute Gasteiger partial charge is 0.356 e. The second-order valence-corrected chi connectivity index (χ2v) is 7.79. The molecule has 0 aliphatic heterocycles. The topological polar surface area (TPSA) is 73.8 Å². The molecule has 0 aliphatic rings. The highest BCUT2D eigenvalue weighted by atomic mass is 35.5. The van der Waals surface area contributed by atoms with Crippen molar-refractivity contribution in [3.05, 3.63) is 34.9 Å². The lowest BCUT2D eigenvalue weighted by atomic mass is 10.2. The molecule has 6 nitrogen and oxygen atoms in total. The molecule has 0 saturated carbocycles. The van der Waals surface area contributed by atoms with Crippen molar-refractivity contribution in [2.24, 2.45) is 4.99 Å². The van der Waals surface area contributed by atoms with Gasteiger partial charge in [-0.2, -0.15) is 0 Å². The molecule has 1 aromatic carbocycles. The minimum Gasteiger partial charge on any atom is -0.356 e. The summed E-state index contributed by atoms with van der Waals surface area (Å²) in [5.41, 5.74) is 0.992. The Morgan fingerprint density at radius 1 is 1.30 bits per heavy atom. The van der Waals surface area contributed by atoms with Crippen molar-refractivity contribution in [3.63, 3.8) is 0 Å². The second-order valence-electron chi connectivity index (χ2n) is 5.02. The summed E-state index contributed by atoms with van der Waals surface area (Å²) in [6.07, 6.45) is 0.697. The maximum atomic E-state index is 11.6. The van der Waals surface area contributed by atoms with E-state index in [2.05, 4.69) is 15.6 Å². The number of nitrogens with one attached hydrogen (secondary N) is 2. The Bertz CT molecular complexity index is 620. The first-order chi connectivity index (χ1) is 10.9. The molecule has 130 valence electrons. The summed E-state index contributed by atoms with van der Waals surface area (Å²) in [6, 6.07) is 7.62. The van der Waals surface area contributed by atoms with E-state index in [-0.39, 0.29) is 5.75 Å². The number of halogens is 1. The molecule has 1 aromatic rings. The molecule has 0 bridgehead atoms. The summed E-state index contributed by atoms with van der Waals surface area (Å²) in [4.78, 5) is 4.13. The van der Waals surface area contributed by atoms with Gasteiger partial charge in [-0.3, -0.25) is 4.99 Å². The Balaban J connectivity index is 2.34. The second kappa shape index (κ2) is 9.75. The molecular formula is C15H25ClN4O2S. The van der Waals surface area contributed by atoms with Crippen molar-refractivity contribution < 1.29 is 8.42 Å². The Morgan fingerprint density at radius 2 is 2.00 bits per heavy atom. The third kappa shape index (κ3) is 6.76. The highest BCUT2D eigenvalue weighted by Crippen LogP contribution is 2.14. The minimum absolute atomic E-state index is 0.123. The monoisotopic (exact) mass is 360 g/mol. The first-order valence-corrected chi connectivity index (χ1v) is 9.51. The number of hydrogen-bond acceptors (Lipinski definition) is 3. The van der Waals surface area contributed by atoms with Crippen molar-refractivity contribution in [1.29, 1.82) is 0 Å². The first-order valence-electron chi connectivity index (χ1n) is 7.52. The van der Waals surface area contributed by atoms with Crippen LogP contribution in [0.1, 0.15) is 18.9 Å². The van der Waals surface area contributed by atoms with Crippen molar-refractivity contribution in [3.8, 4) is 0 Å². The SMILES string of the molecule is CCS(=O)(=O)N(C)CCCNC(=NC)NCc1ccccc1Cl. The number of benzene rings is 1. The molecule has 0 aliphatic carbocycles. The van der Waals surface area contributed by atoms with E-state index in [1.54, 1.807) is 21.0 Å². The summed E-state index contributed by atoms with van der Waals surface area (Å²) >= 11 is 6.11. The smallest absolute Gasteiger partial charge is 0.213 e. The predicted octanol–water partition coefficient (Wildman–Crippen LogP) is 1.68. The van der Waals surface area contributed by atoms with Crippen LogP contribution < -0.4 is 10.6 Å². The molecule has 0 atom stereocenters. The molecule has 8 heteroatoms.